The van der Waals surface area contributed by atoms with Gasteiger partial charge in [0.05, 0.1) is 6.21 Å². The fourth-order valence-corrected chi connectivity index (χ4v) is 2.93. The highest BCUT2D eigenvalue weighted by Crippen LogP contribution is 2.24. The summed E-state index contributed by atoms with van der Waals surface area (Å²) in [6.07, 6.45) is 2.22. The summed E-state index contributed by atoms with van der Waals surface area (Å²) in [5.74, 6) is -0.182. The van der Waals surface area contributed by atoms with E-state index in [0.29, 0.717) is 11.4 Å². The Morgan fingerprint density at radius 2 is 1.88 bits per heavy atom. The predicted molar refractivity (Wildman–Crippen MR) is 109 cm³/mol. The molecule has 0 radical (unpaired) electrons. The highest BCUT2D eigenvalue weighted by Gasteiger charge is 2.16. The van der Waals surface area contributed by atoms with Crippen LogP contribution in [0.2, 0.25) is 5.02 Å². The van der Waals surface area contributed by atoms with Crippen LogP contribution in [0.4, 0.5) is 5.69 Å². The summed E-state index contributed by atoms with van der Waals surface area (Å²) in [4.78, 5) is 12.5. The topological polar surface area (TPSA) is 53.5 Å². The first-order valence-corrected chi connectivity index (χ1v) is 8.88. The van der Waals surface area contributed by atoms with Gasteiger partial charge in [-0.1, -0.05) is 67.1 Å². The fourth-order valence-electron chi connectivity index (χ4n) is 2.73. The molecule has 0 spiro atoms. The Morgan fingerprint density at radius 3 is 2.69 bits per heavy atom. The normalized spacial score (nSPS) is 12.2. The van der Waals surface area contributed by atoms with Crippen LogP contribution in [-0.4, -0.2) is 18.2 Å². The van der Waals surface area contributed by atoms with Crippen molar-refractivity contribution in [2.45, 2.75) is 19.4 Å². The van der Waals surface area contributed by atoms with Crippen molar-refractivity contribution in [2.24, 2.45) is 5.10 Å². The molecule has 0 fully saturated rings. The van der Waals surface area contributed by atoms with Crippen molar-refractivity contribution < 1.29 is 4.79 Å². The molecule has 3 rings (SSSR count). The summed E-state index contributed by atoms with van der Waals surface area (Å²) >= 11 is 5.94. The molecule has 26 heavy (non-hydrogen) atoms. The number of nitrogens with zero attached hydrogens (tertiary/aromatic N) is 1. The Labute approximate surface area is 157 Å². The van der Waals surface area contributed by atoms with Crippen molar-refractivity contribution in [3.05, 3.63) is 77.3 Å². The second-order valence-corrected chi connectivity index (χ2v) is 6.36. The molecule has 0 heterocycles. The minimum atomic E-state index is -0.377. The Bertz CT molecular complexity index is 934. The van der Waals surface area contributed by atoms with Gasteiger partial charge in [0.1, 0.15) is 6.04 Å². The molecule has 3 aromatic rings. The van der Waals surface area contributed by atoms with Crippen LogP contribution in [0.25, 0.3) is 10.8 Å². The molecule has 0 saturated carbocycles. The second-order valence-electron chi connectivity index (χ2n) is 5.92. The van der Waals surface area contributed by atoms with Crippen molar-refractivity contribution >= 4 is 40.2 Å². The number of nitrogens with one attached hydrogen (secondary N) is 2. The minimum absolute atomic E-state index is 0.182. The molecule has 1 atom stereocenters. The Morgan fingerprint density at radius 1 is 1.12 bits per heavy atom. The van der Waals surface area contributed by atoms with E-state index in [2.05, 4.69) is 28.0 Å². The summed E-state index contributed by atoms with van der Waals surface area (Å²) in [7, 11) is 0. The Kier molecular flexibility index (Phi) is 5.87. The number of halogens is 1. The van der Waals surface area contributed by atoms with Gasteiger partial charge in [0, 0.05) is 16.1 Å². The van der Waals surface area contributed by atoms with E-state index in [4.69, 9.17) is 11.6 Å². The van der Waals surface area contributed by atoms with Crippen LogP contribution in [0.5, 0.6) is 0 Å². The lowest BCUT2D eigenvalue weighted by Gasteiger charge is -2.18. The van der Waals surface area contributed by atoms with Crippen LogP contribution < -0.4 is 10.7 Å². The van der Waals surface area contributed by atoms with Gasteiger partial charge in [0.25, 0.3) is 5.91 Å². The number of benzene rings is 3. The molecule has 1 amide bonds. The summed E-state index contributed by atoms with van der Waals surface area (Å²) in [6, 6.07) is 21.0. The largest absolute Gasteiger partial charge is 0.373 e. The molecule has 2 N–H and O–H groups in total. The molecule has 1 unspecified atom stereocenters. The van der Waals surface area contributed by atoms with E-state index in [1.807, 2.05) is 49.4 Å². The molecule has 132 valence electrons. The van der Waals surface area contributed by atoms with E-state index < -0.39 is 0 Å². The van der Waals surface area contributed by atoms with Crippen LogP contribution in [0.1, 0.15) is 18.9 Å². The smallest absolute Gasteiger partial charge is 0.262 e. The van der Waals surface area contributed by atoms with Gasteiger partial charge in [-0.3, -0.25) is 4.79 Å². The van der Waals surface area contributed by atoms with E-state index in [9.17, 15) is 4.79 Å². The number of carbonyl (C=O) groups excluding carboxylic acids is 1. The molecular formula is C21H20ClN3O. The number of hydrogen-bond acceptors (Lipinski definition) is 3. The number of hydrogen-bond donors (Lipinski definition) is 2. The molecule has 0 bridgehead atoms. The van der Waals surface area contributed by atoms with Crippen LogP contribution in [0, 0.1) is 0 Å². The van der Waals surface area contributed by atoms with Gasteiger partial charge in [0.15, 0.2) is 0 Å². The lowest BCUT2D eigenvalue weighted by Crippen LogP contribution is -2.36. The SMILES string of the molecule is CCC(Nc1cccc2ccccc12)C(=O)NN=Cc1cccc(Cl)c1. The molecule has 3 aromatic carbocycles. The maximum Gasteiger partial charge on any atom is 0.262 e. The van der Waals surface area contributed by atoms with E-state index in [1.165, 1.54) is 0 Å². The highest BCUT2D eigenvalue weighted by molar-refractivity contribution is 6.30. The van der Waals surface area contributed by atoms with Gasteiger partial charge < -0.3 is 5.32 Å². The summed E-state index contributed by atoms with van der Waals surface area (Å²) in [6.45, 7) is 1.96. The van der Waals surface area contributed by atoms with E-state index in [0.717, 1.165) is 22.0 Å². The van der Waals surface area contributed by atoms with Crippen LogP contribution in [0.3, 0.4) is 0 Å². The third-order valence-electron chi connectivity index (χ3n) is 4.08. The molecule has 0 aliphatic rings. The van der Waals surface area contributed by atoms with Gasteiger partial charge >= 0.3 is 0 Å². The monoisotopic (exact) mass is 365 g/mol. The average Bonchev–Trinajstić information content (AvgIpc) is 2.66. The Hall–Kier alpha value is -2.85. The Balaban J connectivity index is 1.69. The number of amides is 1. The van der Waals surface area contributed by atoms with Gasteiger partial charge in [-0.2, -0.15) is 5.10 Å². The number of carbonyl (C=O) groups is 1. The number of anilines is 1. The third-order valence-corrected chi connectivity index (χ3v) is 4.32. The molecule has 0 saturated heterocycles. The van der Waals surface area contributed by atoms with Crippen LogP contribution in [-0.2, 0) is 4.79 Å². The third kappa shape index (κ3) is 4.41. The molecule has 0 aliphatic heterocycles. The quantitative estimate of drug-likeness (QED) is 0.485. The average molecular weight is 366 g/mol. The zero-order chi connectivity index (χ0) is 18.4. The predicted octanol–water partition coefficient (Wildman–Crippen LogP) is 4.83. The van der Waals surface area contributed by atoms with Crippen molar-refractivity contribution in [1.29, 1.82) is 0 Å². The summed E-state index contributed by atoms with van der Waals surface area (Å²) in [5.41, 5.74) is 4.36. The number of fused-ring (bicyclic) bond motifs is 1. The second kappa shape index (κ2) is 8.50. The summed E-state index contributed by atoms with van der Waals surface area (Å²) < 4.78 is 0. The first-order chi connectivity index (χ1) is 12.7. The highest BCUT2D eigenvalue weighted by atomic mass is 35.5. The van der Waals surface area contributed by atoms with E-state index in [1.54, 1.807) is 18.3 Å². The van der Waals surface area contributed by atoms with Crippen LogP contribution in [0.15, 0.2) is 71.8 Å². The van der Waals surface area contributed by atoms with Gasteiger partial charge in [-0.25, -0.2) is 5.43 Å². The summed E-state index contributed by atoms with van der Waals surface area (Å²) in [5, 5.41) is 10.2. The maximum absolute atomic E-state index is 12.5. The molecule has 0 aromatic heterocycles. The number of hydrazone groups is 1. The van der Waals surface area contributed by atoms with E-state index in [-0.39, 0.29) is 11.9 Å². The van der Waals surface area contributed by atoms with Gasteiger partial charge in [-0.05, 0) is 35.6 Å². The van der Waals surface area contributed by atoms with Gasteiger partial charge in [-0.15, -0.1) is 0 Å². The standard InChI is InChI=1S/C21H20ClN3O/c1-2-19(21(26)25-23-14-15-7-5-10-17(22)13-15)24-20-12-6-9-16-8-3-4-11-18(16)20/h3-14,19,24H,2H2,1H3,(H,25,26). The number of rotatable bonds is 6. The first kappa shape index (κ1) is 18.0. The minimum Gasteiger partial charge on any atom is -0.373 e. The zero-order valence-corrected chi connectivity index (χ0v) is 15.2. The van der Waals surface area contributed by atoms with E-state index >= 15 is 0 Å². The lowest BCUT2D eigenvalue weighted by atomic mass is 10.1. The lowest BCUT2D eigenvalue weighted by molar-refractivity contribution is -0.121. The van der Waals surface area contributed by atoms with Gasteiger partial charge in [0.2, 0.25) is 0 Å². The molecule has 0 aliphatic carbocycles. The van der Waals surface area contributed by atoms with Crippen molar-refractivity contribution in [1.82, 2.24) is 5.43 Å². The zero-order valence-electron chi connectivity index (χ0n) is 14.4. The first-order valence-electron chi connectivity index (χ1n) is 8.50. The van der Waals surface area contributed by atoms with Crippen molar-refractivity contribution in [3.63, 3.8) is 0 Å². The van der Waals surface area contributed by atoms with Crippen molar-refractivity contribution in [2.75, 3.05) is 5.32 Å². The fraction of sp³-hybridized carbons (Fsp3) is 0.143. The maximum atomic E-state index is 12.5. The molecular weight excluding hydrogens is 346 g/mol. The molecule has 5 heteroatoms. The molecule has 4 nitrogen and oxygen atoms in total. The van der Waals surface area contributed by atoms with Crippen LogP contribution >= 0.6 is 11.6 Å². The van der Waals surface area contributed by atoms with Crippen molar-refractivity contribution in [3.8, 4) is 0 Å².